The molecule has 0 amide bonds. The minimum Gasteiger partial charge on any atom is -0.466 e. The van der Waals surface area contributed by atoms with Crippen LogP contribution >= 0.6 is 11.6 Å². The molecule has 1 fully saturated rings. The van der Waals surface area contributed by atoms with Crippen molar-refractivity contribution in [1.29, 1.82) is 0 Å². The summed E-state index contributed by atoms with van der Waals surface area (Å²) in [5.41, 5.74) is 0.705. The van der Waals surface area contributed by atoms with Gasteiger partial charge in [0.1, 0.15) is 5.69 Å². The van der Waals surface area contributed by atoms with Crippen molar-refractivity contribution < 1.29 is 9.53 Å². The summed E-state index contributed by atoms with van der Waals surface area (Å²) in [6, 6.07) is 6.88. The zero-order valence-corrected chi connectivity index (χ0v) is 14.1. The van der Waals surface area contributed by atoms with E-state index in [4.69, 9.17) is 16.3 Å². The van der Waals surface area contributed by atoms with Crippen molar-refractivity contribution in [3.05, 3.63) is 49.7 Å². The lowest BCUT2D eigenvalue weighted by Crippen LogP contribution is -2.46. The molecule has 0 spiro atoms. The van der Waals surface area contributed by atoms with Crippen molar-refractivity contribution in [2.24, 2.45) is 5.92 Å². The molecule has 1 aliphatic rings. The molecule has 3 rings (SSSR count). The number of benzene rings is 1. The number of nitrogens with zero attached hydrogens (tertiary/aromatic N) is 1. The monoisotopic (exact) mass is 347 g/mol. The Morgan fingerprint density at radius 3 is 2.38 bits per heavy atom. The zero-order chi connectivity index (χ0) is 17.3. The second kappa shape index (κ2) is 6.77. The Hall–Kier alpha value is -2.14. The number of piperidine rings is 1. The van der Waals surface area contributed by atoms with Gasteiger partial charge in [0, 0.05) is 18.1 Å². The summed E-state index contributed by atoms with van der Waals surface area (Å²) in [5.74, 6) is -0.313. The van der Waals surface area contributed by atoms with Crippen molar-refractivity contribution in [3.63, 3.8) is 0 Å². The Labute approximate surface area is 144 Å². The van der Waals surface area contributed by atoms with E-state index in [1.165, 1.54) is 0 Å². The quantitative estimate of drug-likeness (QED) is 0.627. The third-order valence-electron chi connectivity index (χ3n) is 4.45. The molecule has 24 heavy (non-hydrogen) atoms. The van der Waals surface area contributed by atoms with Crippen LogP contribution in [0.1, 0.15) is 19.8 Å². The number of esters is 1. The number of rotatable bonds is 4. The average molecular weight is 348 g/mol. The highest BCUT2D eigenvalue weighted by atomic mass is 35.5. The van der Waals surface area contributed by atoms with E-state index < -0.39 is 10.9 Å². The minimum atomic E-state index is -0.458. The summed E-state index contributed by atoms with van der Waals surface area (Å²) >= 11 is 5.88. The lowest BCUT2D eigenvalue weighted by atomic mass is 9.93. The van der Waals surface area contributed by atoms with Gasteiger partial charge in [0.2, 0.25) is 10.9 Å². The fourth-order valence-corrected chi connectivity index (χ4v) is 3.29. The highest BCUT2D eigenvalue weighted by Crippen LogP contribution is 2.30. The van der Waals surface area contributed by atoms with Crippen LogP contribution in [0.3, 0.4) is 0 Å². The number of hydrogen-bond donors (Lipinski definition) is 0. The molecule has 1 saturated heterocycles. The summed E-state index contributed by atoms with van der Waals surface area (Å²) in [4.78, 5) is 37.8. The number of hydrogen-bond acceptors (Lipinski definition) is 5. The largest absolute Gasteiger partial charge is 0.466 e. The van der Waals surface area contributed by atoms with E-state index in [-0.39, 0.29) is 11.9 Å². The Morgan fingerprint density at radius 2 is 1.79 bits per heavy atom. The molecule has 5 nitrogen and oxygen atoms in total. The number of halogens is 1. The first-order valence-corrected chi connectivity index (χ1v) is 8.41. The smallest absolute Gasteiger partial charge is 0.309 e. The molecule has 0 N–H and O–H groups in total. The van der Waals surface area contributed by atoms with Gasteiger partial charge in [-0.15, -0.1) is 0 Å². The van der Waals surface area contributed by atoms with Crippen LogP contribution in [0, 0.1) is 5.92 Å². The molecule has 2 aromatic rings. The van der Waals surface area contributed by atoms with Gasteiger partial charge in [-0.05, 0) is 37.5 Å². The van der Waals surface area contributed by atoms with Gasteiger partial charge in [-0.2, -0.15) is 0 Å². The van der Waals surface area contributed by atoms with Crippen molar-refractivity contribution in [1.82, 2.24) is 0 Å². The molecule has 0 aromatic heterocycles. The van der Waals surface area contributed by atoms with E-state index in [0.717, 1.165) is 0 Å². The van der Waals surface area contributed by atoms with E-state index in [2.05, 4.69) is 0 Å². The SMILES string of the molecule is CCOC(=O)C1CCN(c2c(-c3ccc(Cl)cc3)c(=O)c2=O)CC1. The van der Waals surface area contributed by atoms with Crippen molar-refractivity contribution >= 4 is 23.3 Å². The van der Waals surface area contributed by atoms with Crippen LogP contribution in [-0.4, -0.2) is 25.7 Å². The molecule has 0 radical (unpaired) electrons. The van der Waals surface area contributed by atoms with Gasteiger partial charge < -0.3 is 9.64 Å². The van der Waals surface area contributed by atoms with Crippen LogP contribution in [0.4, 0.5) is 5.69 Å². The van der Waals surface area contributed by atoms with E-state index >= 15 is 0 Å². The second-order valence-electron chi connectivity index (χ2n) is 5.90. The summed E-state index contributed by atoms with van der Waals surface area (Å²) < 4.78 is 5.05. The number of carbonyl (C=O) groups excluding carboxylic acids is 1. The zero-order valence-electron chi connectivity index (χ0n) is 13.4. The van der Waals surface area contributed by atoms with Crippen molar-refractivity contribution in [3.8, 4) is 11.1 Å². The average Bonchev–Trinajstić information content (AvgIpc) is 2.60. The summed E-state index contributed by atoms with van der Waals surface area (Å²) in [7, 11) is 0. The highest BCUT2D eigenvalue weighted by molar-refractivity contribution is 6.30. The molecule has 0 atom stereocenters. The van der Waals surface area contributed by atoms with Gasteiger partial charge >= 0.3 is 5.97 Å². The molecular weight excluding hydrogens is 330 g/mol. The fraction of sp³-hybridized carbons (Fsp3) is 0.389. The summed E-state index contributed by atoms with van der Waals surface area (Å²) in [6.07, 6.45) is 1.25. The molecule has 1 aliphatic heterocycles. The molecule has 126 valence electrons. The third-order valence-corrected chi connectivity index (χ3v) is 4.70. The van der Waals surface area contributed by atoms with Crippen molar-refractivity contribution in [2.75, 3.05) is 24.6 Å². The van der Waals surface area contributed by atoms with Gasteiger partial charge in [-0.1, -0.05) is 23.7 Å². The maximum absolute atomic E-state index is 12.1. The summed E-state index contributed by atoms with van der Waals surface area (Å²) in [5, 5.41) is 0.578. The summed E-state index contributed by atoms with van der Waals surface area (Å²) in [6.45, 7) is 3.29. The molecular formula is C18H18ClNO4. The van der Waals surface area contributed by atoms with Gasteiger partial charge in [0.15, 0.2) is 0 Å². The molecule has 6 heteroatoms. The van der Waals surface area contributed by atoms with Crippen LogP contribution in [0.5, 0.6) is 0 Å². The van der Waals surface area contributed by atoms with Crippen molar-refractivity contribution in [2.45, 2.75) is 19.8 Å². The number of ether oxygens (including phenoxy) is 1. The molecule has 0 unspecified atom stereocenters. The van der Waals surface area contributed by atoms with Gasteiger partial charge in [0.25, 0.3) is 0 Å². The molecule has 0 saturated carbocycles. The van der Waals surface area contributed by atoms with Gasteiger partial charge in [-0.25, -0.2) is 0 Å². The standard InChI is InChI=1S/C18H18ClNO4/c1-2-24-18(23)12-7-9-20(10-8-12)15-14(16(21)17(15)22)11-3-5-13(19)6-4-11/h3-6,12H,2,7-10H2,1H3. The number of carbonyl (C=O) groups is 1. The van der Waals surface area contributed by atoms with E-state index in [9.17, 15) is 14.4 Å². The number of anilines is 1. The topological polar surface area (TPSA) is 63.7 Å². The van der Waals surface area contributed by atoms with E-state index in [1.807, 2.05) is 4.90 Å². The Morgan fingerprint density at radius 1 is 1.17 bits per heavy atom. The van der Waals surface area contributed by atoms with Gasteiger partial charge in [0.05, 0.1) is 18.1 Å². The Bertz CT molecular complexity index is 813. The van der Waals surface area contributed by atoms with Gasteiger partial charge in [-0.3, -0.25) is 14.4 Å². The molecule has 0 aliphatic carbocycles. The normalized spacial score (nSPS) is 15.7. The second-order valence-corrected chi connectivity index (χ2v) is 6.34. The van der Waals surface area contributed by atoms with Crippen LogP contribution in [-0.2, 0) is 9.53 Å². The van der Waals surface area contributed by atoms with Crippen LogP contribution in [0.15, 0.2) is 33.9 Å². The lowest BCUT2D eigenvalue weighted by molar-refractivity contribution is -0.148. The predicted octanol–water partition coefficient (Wildman–Crippen LogP) is 2.38. The molecule has 2 aromatic carbocycles. The molecule has 0 bridgehead atoms. The first-order valence-electron chi connectivity index (χ1n) is 8.03. The maximum Gasteiger partial charge on any atom is 0.309 e. The minimum absolute atomic E-state index is 0.133. The highest BCUT2D eigenvalue weighted by Gasteiger charge is 2.32. The maximum atomic E-state index is 12.1. The Kier molecular flexibility index (Phi) is 4.71. The first kappa shape index (κ1) is 16.7. The first-order chi connectivity index (χ1) is 11.5. The fourth-order valence-electron chi connectivity index (χ4n) is 3.16. The van der Waals surface area contributed by atoms with E-state index in [1.54, 1.807) is 31.2 Å². The third kappa shape index (κ3) is 2.96. The van der Waals surface area contributed by atoms with Crippen LogP contribution < -0.4 is 15.8 Å². The van der Waals surface area contributed by atoms with Crippen LogP contribution in [0.25, 0.3) is 11.1 Å². The van der Waals surface area contributed by atoms with Crippen LogP contribution in [0.2, 0.25) is 5.02 Å². The lowest BCUT2D eigenvalue weighted by Gasteiger charge is -2.34. The van der Waals surface area contributed by atoms with E-state index in [0.29, 0.717) is 54.4 Å². The predicted molar refractivity (Wildman–Crippen MR) is 93.4 cm³/mol. The molecule has 1 heterocycles. The Balaban J connectivity index is 1.79.